The molecular weight excluding hydrogens is 318 g/mol. The quantitative estimate of drug-likeness (QED) is 0.783. The molecule has 0 saturated heterocycles. The van der Waals surface area contributed by atoms with Gasteiger partial charge in [-0.2, -0.15) is 8.78 Å². The molecule has 0 heterocycles. The van der Waals surface area contributed by atoms with E-state index in [1.807, 2.05) is 6.92 Å². The van der Waals surface area contributed by atoms with Crippen LogP contribution in [0.4, 0.5) is 14.5 Å². The van der Waals surface area contributed by atoms with E-state index in [1.165, 1.54) is 12.1 Å². The molecule has 1 atom stereocenters. The lowest BCUT2D eigenvalue weighted by Crippen LogP contribution is -2.43. The Kier molecular flexibility index (Phi) is 6.16. The summed E-state index contributed by atoms with van der Waals surface area (Å²) in [6.07, 6.45) is 0. The Morgan fingerprint density at radius 1 is 1.33 bits per heavy atom. The maximum Gasteiger partial charge on any atom is 0.387 e. The van der Waals surface area contributed by atoms with Crippen LogP contribution in [0.5, 0.6) is 5.75 Å². The van der Waals surface area contributed by atoms with Crippen molar-refractivity contribution in [2.45, 2.75) is 40.3 Å². The van der Waals surface area contributed by atoms with Crippen molar-refractivity contribution in [1.82, 2.24) is 5.32 Å². The second kappa shape index (κ2) is 7.22. The number of hydrogen-bond donors (Lipinski definition) is 2. The van der Waals surface area contributed by atoms with Gasteiger partial charge in [0.1, 0.15) is 5.75 Å². The molecule has 0 aliphatic rings. The van der Waals surface area contributed by atoms with Gasteiger partial charge in [0.2, 0.25) is 0 Å². The van der Waals surface area contributed by atoms with E-state index in [0.29, 0.717) is 10.8 Å². The summed E-state index contributed by atoms with van der Waals surface area (Å²) in [7, 11) is 0. The smallest absolute Gasteiger partial charge is 0.387 e. The van der Waals surface area contributed by atoms with Gasteiger partial charge in [0, 0.05) is 11.7 Å². The van der Waals surface area contributed by atoms with Crippen LogP contribution in [0.15, 0.2) is 18.2 Å². The van der Waals surface area contributed by atoms with Crippen molar-refractivity contribution in [2.24, 2.45) is 5.41 Å². The van der Waals surface area contributed by atoms with Crippen molar-refractivity contribution in [3.8, 4) is 5.75 Å². The Hall–Kier alpha value is -1.14. The molecule has 3 nitrogen and oxygen atoms in total. The highest BCUT2D eigenvalue weighted by Gasteiger charge is 2.20. The topological polar surface area (TPSA) is 33.3 Å². The Morgan fingerprint density at radius 3 is 2.43 bits per heavy atom. The third kappa shape index (κ3) is 6.01. The van der Waals surface area contributed by atoms with Crippen LogP contribution in [0.3, 0.4) is 0 Å². The molecule has 0 spiro atoms. The lowest BCUT2D eigenvalue weighted by molar-refractivity contribution is -0.0497. The second-order valence-electron chi connectivity index (χ2n) is 5.71. The molecule has 0 fully saturated rings. The van der Waals surface area contributed by atoms with E-state index in [4.69, 9.17) is 23.8 Å². The number of hydrogen-bond acceptors (Lipinski definition) is 2. The Balaban J connectivity index is 2.67. The molecule has 2 N–H and O–H groups in total. The second-order valence-corrected chi connectivity index (χ2v) is 6.53. The highest BCUT2D eigenvalue weighted by molar-refractivity contribution is 7.80. The zero-order valence-corrected chi connectivity index (χ0v) is 13.9. The molecule has 7 heteroatoms. The molecule has 1 rings (SSSR count). The minimum atomic E-state index is -2.91. The number of rotatable bonds is 4. The monoisotopic (exact) mass is 336 g/mol. The van der Waals surface area contributed by atoms with Crippen LogP contribution in [0.1, 0.15) is 27.7 Å². The summed E-state index contributed by atoms with van der Waals surface area (Å²) >= 11 is 11.1. The predicted molar refractivity (Wildman–Crippen MR) is 86.4 cm³/mol. The molecule has 0 bridgehead atoms. The first-order valence-corrected chi connectivity index (χ1v) is 7.20. The fourth-order valence-corrected chi connectivity index (χ4v) is 1.87. The molecule has 1 aromatic carbocycles. The van der Waals surface area contributed by atoms with Gasteiger partial charge in [0.15, 0.2) is 5.11 Å². The molecular formula is C14H19ClF2N2OS. The molecule has 0 aromatic heterocycles. The Labute approximate surface area is 134 Å². The van der Waals surface area contributed by atoms with E-state index in [0.717, 1.165) is 0 Å². The van der Waals surface area contributed by atoms with Crippen molar-refractivity contribution in [1.29, 1.82) is 0 Å². The maximum absolute atomic E-state index is 12.1. The number of halogens is 3. The first-order chi connectivity index (χ1) is 9.59. The fraction of sp³-hybridized carbons (Fsp3) is 0.500. The normalized spacial score (nSPS) is 13.0. The van der Waals surface area contributed by atoms with Crippen molar-refractivity contribution in [3.63, 3.8) is 0 Å². The molecule has 0 radical (unpaired) electrons. The van der Waals surface area contributed by atoms with Crippen molar-refractivity contribution < 1.29 is 13.5 Å². The van der Waals surface area contributed by atoms with Gasteiger partial charge in [-0.25, -0.2) is 0 Å². The van der Waals surface area contributed by atoms with Crippen molar-refractivity contribution >= 4 is 34.6 Å². The zero-order valence-electron chi connectivity index (χ0n) is 12.3. The highest BCUT2D eigenvalue weighted by atomic mass is 35.5. The van der Waals surface area contributed by atoms with Crippen LogP contribution in [0.2, 0.25) is 5.02 Å². The standard InChI is InChI=1S/C14H19ClF2N2OS/c1-8(14(2,3)4)18-13(21)19-9-5-6-11(10(15)7-9)20-12(16)17/h5-8,12H,1-4H3,(H2,18,19,21)/t8-/m0/s1. The van der Waals surface area contributed by atoms with Crippen molar-refractivity contribution in [3.05, 3.63) is 23.2 Å². The van der Waals surface area contributed by atoms with Gasteiger partial charge >= 0.3 is 6.61 Å². The first-order valence-electron chi connectivity index (χ1n) is 6.41. The summed E-state index contributed by atoms with van der Waals surface area (Å²) in [5.41, 5.74) is 0.651. The summed E-state index contributed by atoms with van der Waals surface area (Å²) < 4.78 is 28.6. The SMILES string of the molecule is C[C@H](NC(=S)Nc1ccc(OC(F)F)c(Cl)c1)C(C)(C)C. The number of alkyl halides is 2. The van der Waals surface area contributed by atoms with Crippen LogP contribution in [-0.2, 0) is 0 Å². The maximum atomic E-state index is 12.1. The minimum absolute atomic E-state index is 0.0539. The predicted octanol–water partition coefficient (Wildman–Crippen LogP) is 4.66. The van der Waals surface area contributed by atoms with Crippen LogP contribution in [0, 0.1) is 5.41 Å². The van der Waals surface area contributed by atoms with Crippen LogP contribution >= 0.6 is 23.8 Å². The number of ether oxygens (including phenoxy) is 1. The van der Waals surface area contributed by atoms with Crippen LogP contribution < -0.4 is 15.4 Å². The molecule has 0 aliphatic heterocycles. The van der Waals surface area contributed by atoms with Gasteiger partial charge in [0.05, 0.1) is 5.02 Å². The van der Waals surface area contributed by atoms with E-state index in [9.17, 15) is 8.78 Å². The largest absolute Gasteiger partial charge is 0.433 e. The van der Waals surface area contributed by atoms with Crippen LogP contribution in [-0.4, -0.2) is 17.8 Å². The average Bonchev–Trinajstić information content (AvgIpc) is 2.30. The van der Waals surface area contributed by atoms with Gasteiger partial charge in [-0.3, -0.25) is 0 Å². The van der Waals surface area contributed by atoms with Gasteiger partial charge < -0.3 is 15.4 Å². The molecule has 0 saturated carbocycles. The third-order valence-corrected chi connectivity index (χ3v) is 3.57. The minimum Gasteiger partial charge on any atom is -0.433 e. The average molecular weight is 337 g/mol. The summed E-state index contributed by atoms with van der Waals surface area (Å²) in [4.78, 5) is 0. The zero-order chi connectivity index (χ0) is 16.2. The summed E-state index contributed by atoms with van der Waals surface area (Å²) in [6, 6.07) is 4.58. The fourth-order valence-electron chi connectivity index (χ4n) is 1.35. The number of nitrogens with one attached hydrogen (secondary N) is 2. The van der Waals surface area contributed by atoms with E-state index < -0.39 is 6.61 Å². The van der Waals surface area contributed by atoms with Crippen LogP contribution in [0.25, 0.3) is 0 Å². The molecule has 0 aliphatic carbocycles. The molecule has 0 unspecified atom stereocenters. The van der Waals surface area contributed by atoms with E-state index in [2.05, 4.69) is 36.1 Å². The molecule has 21 heavy (non-hydrogen) atoms. The van der Waals surface area contributed by atoms with Gasteiger partial charge in [-0.15, -0.1) is 0 Å². The molecule has 1 aromatic rings. The van der Waals surface area contributed by atoms with Gasteiger partial charge in [-0.05, 0) is 42.8 Å². The number of benzene rings is 1. The number of anilines is 1. The highest BCUT2D eigenvalue weighted by Crippen LogP contribution is 2.29. The lowest BCUT2D eigenvalue weighted by Gasteiger charge is -2.29. The third-order valence-electron chi connectivity index (χ3n) is 3.05. The first kappa shape index (κ1) is 17.9. The van der Waals surface area contributed by atoms with Gasteiger partial charge in [-0.1, -0.05) is 32.4 Å². The van der Waals surface area contributed by atoms with E-state index in [-0.39, 0.29) is 22.2 Å². The molecule has 0 amide bonds. The summed E-state index contributed by atoms with van der Waals surface area (Å²) in [5.74, 6) is -0.0702. The lowest BCUT2D eigenvalue weighted by atomic mass is 9.88. The Bertz CT molecular complexity index is 506. The molecule has 118 valence electrons. The van der Waals surface area contributed by atoms with E-state index >= 15 is 0 Å². The van der Waals surface area contributed by atoms with Gasteiger partial charge in [0.25, 0.3) is 0 Å². The summed E-state index contributed by atoms with van der Waals surface area (Å²) in [6.45, 7) is 5.42. The Morgan fingerprint density at radius 2 is 1.95 bits per heavy atom. The summed E-state index contributed by atoms with van der Waals surface area (Å²) in [5, 5.41) is 6.65. The number of thiocarbonyl (C=S) groups is 1. The van der Waals surface area contributed by atoms with Crippen molar-refractivity contribution in [2.75, 3.05) is 5.32 Å². The van der Waals surface area contributed by atoms with E-state index in [1.54, 1.807) is 6.07 Å².